The number of nitrogens with zero attached hydrogens (tertiary/aromatic N) is 2. The molecular weight excluding hydrogens is 448 g/mol. The molecular formula is C27H33ClN4O2. The fourth-order valence-corrected chi connectivity index (χ4v) is 4.88. The Morgan fingerprint density at radius 2 is 1.85 bits per heavy atom. The molecule has 7 heteroatoms. The minimum atomic E-state index is -0.869. The van der Waals surface area contributed by atoms with E-state index in [0.29, 0.717) is 16.9 Å². The molecule has 2 N–H and O–H groups in total. The van der Waals surface area contributed by atoms with Gasteiger partial charge in [-0.1, -0.05) is 52.2 Å². The van der Waals surface area contributed by atoms with Crippen molar-refractivity contribution in [1.82, 2.24) is 15.3 Å². The molecule has 0 aliphatic heterocycles. The van der Waals surface area contributed by atoms with Crippen LogP contribution in [0.3, 0.4) is 0 Å². The fraction of sp³-hybridized carbons (Fsp3) is 0.444. The van der Waals surface area contributed by atoms with E-state index in [1.807, 2.05) is 36.4 Å². The number of H-pyrrole nitrogens is 1. The van der Waals surface area contributed by atoms with Gasteiger partial charge in [0, 0.05) is 35.1 Å². The van der Waals surface area contributed by atoms with Crippen LogP contribution >= 0.6 is 11.6 Å². The molecule has 1 fully saturated rings. The molecule has 0 radical (unpaired) electrons. The summed E-state index contributed by atoms with van der Waals surface area (Å²) in [7, 11) is 0. The lowest BCUT2D eigenvalue weighted by Gasteiger charge is -2.33. The number of benzene rings is 1. The second-order valence-corrected chi connectivity index (χ2v) is 10.4. The van der Waals surface area contributed by atoms with Crippen LogP contribution in [0.25, 0.3) is 11.0 Å². The van der Waals surface area contributed by atoms with E-state index in [2.05, 4.69) is 36.1 Å². The van der Waals surface area contributed by atoms with Gasteiger partial charge in [0.25, 0.3) is 0 Å². The third-order valence-corrected chi connectivity index (χ3v) is 6.86. The first-order valence-corrected chi connectivity index (χ1v) is 12.5. The fourth-order valence-electron chi connectivity index (χ4n) is 4.75. The number of rotatable bonds is 6. The molecule has 6 nitrogen and oxygen atoms in total. The summed E-state index contributed by atoms with van der Waals surface area (Å²) in [6.45, 7) is 6.43. The van der Waals surface area contributed by atoms with Crippen molar-refractivity contribution in [3.63, 3.8) is 0 Å². The number of halogens is 1. The van der Waals surface area contributed by atoms with Crippen molar-refractivity contribution in [1.29, 1.82) is 0 Å². The van der Waals surface area contributed by atoms with Gasteiger partial charge in [-0.2, -0.15) is 0 Å². The quantitative estimate of drug-likeness (QED) is 0.449. The summed E-state index contributed by atoms with van der Waals surface area (Å²) < 4.78 is 0. The zero-order chi connectivity index (χ0) is 24.3. The normalized spacial score (nSPS) is 15.8. The second-order valence-electron chi connectivity index (χ2n) is 10.1. The number of fused-ring (bicyclic) bond motifs is 1. The third-order valence-electron chi connectivity index (χ3n) is 6.63. The van der Waals surface area contributed by atoms with Gasteiger partial charge in [0.1, 0.15) is 17.6 Å². The zero-order valence-electron chi connectivity index (χ0n) is 20.1. The van der Waals surface area contributed by atoms with E-state index in [4.69, 9.17) is 11.6 Å². The van der Waals surface area contributed by atoms with Gasteiger partial charge in [-0.15, -0.1) is 11.6 Å². The summed E-state index contributed by atoms with van der Waals surface area (Å²) in [5.41, 5.74) is 3.14. The Hall–Kier alpha value is -2.86. The van der Waals surface area contributed by atoms with Gasteiger partial charge in [-0.3, -0.25) is 14.5 Å². The number of carbonyl (C=O) groups is 2. The van der Waals surface area contributed by atoms with Crippen LogP contribution in [0.1, 0.15) is 70.0 Å². The highest BCUT2D eigenvalue weighted by molar-refractivity contribution is 6.30. The van der Waals surface area contributed by atoms with Crippen LogP contribution in [0.15, 0.2) is 48.8 Å². The summed E-state index contributed by atoms with van der Waals surface area (Å²) in [5, 5.41) is 4.04. The summed E-state index contributed by atoms with van der Waals surface area (Å²) >= 11 is 6.08. The van der Waals surface area contributed by atoms with Crippen molar-refractivity contribution in [2.45, 2.75) is 70.4 Å². The van der Waals surface area contributed by atoms with Crippen LogP contribution in [0.2, 0.25) is 0 Å². The monoisotopic (exact) mass is 480 g/mol. The topological polar surface area (TPSA) is 78.1 Å². The molecule has 0 bridgehead atoms. The van der Waals surface area contributed by atoms with E-state index in [1.54, 1.807) is 12.4 Å². The van der Waals surface area contributed by atoms with Gasteiger partial charge < -0.3 is 10.3 Å². The standard InChI is InChI=1S/C27H33ClN4O2/c1-27(2,3)18-11-13-20(14-12-18)32(23(33)16-28)24(26(34)31-19-8-5-4-6-9-19)22-17-30-25-21(22)10-7-15-29-25/h7,10-15,17,19,24H,4-6,8-9,16H2,1-3H3,(H,29,30)(H,31,34). The number of nitrogens with one attached hydrogen (secondary N) is 2. The largest absolute Gasteiger partial charge is 0.351 e. The lowest BCUT2D eigenvalue weighted by Crippen LogP contribution is -2.47. The summed E-state index contributed by atoms with van der Waals surface area (Å²) in [5.74, 6) is -0.753. The average molecular weight is 481 g/mol. The van der Waals surface area contributed by atoms with Gasteiger partial charge in [0.2, 0.25) is 11.8 Å². The Balaban J connectivity index is 1.79. The smallest absolute Gasteiger partial charge is 0.248 e. The van der Waals surface area contributed by atoms with Crippen molar-refractivity contribution in [2.75, 3.05) is 10.8 Å². The number of aromatic nitrogens is 2. The van der Waals surface area contributed by atoms with E-state index in [0.717, 1.165) is 36.6 Å². The van der Waals surface area contributed by atoms with Crippen molar-refractivity contribution in [3.8, 4) is 0 Å². The molecule has 1 unspecified atom stereocenters. The van der Waals surface area contributed by atoms with Crippen molar-refractivity contribution in [2.24, 2.45) is 0 Å². The molecule has 0 saturated heterocycles. The number of aromatic amines is 1. The van der Waals surface area contributed by atoms with E-state index < -0.39 is 6.04 Å². The molecule has 180 valence electrons. The third kappa shape index (κ3) is 5.12. The maximum atomic E-state index is 13.8. The second kappa shape index (κ2) is 10.2. The molecule has 4 rings (SSSR count). The SMILES string of the molecule is CC(C)(C)c1ccc(N(C(=O)CCl)C(C(=O)NC2CCCCC2)c2c[nH]c3ncccc23)cc1. The van der Waals surface area contributed by atoms with Crippen molar-refractivity contribution >= 4 is 40.1 Å². The molecule has 2 heterocycles. The molecule has 1 atom stereocenters. The highest BCUT2D eigenvalue weighted by atomic mass is 35.5. The molecule has 2 amide bonds. The minimum absolute atomic E-state index is 0.0277. The van der Waals surface area contributed by atoms with Gasteiger partial charge in [-0.05, 0) is 48.1 Å². The minimum Gasteiger partial charge on any atom is -0.351 e. The Bertz CT molecular complexity index is 1140. The molecule has 34 heavy (non-hydrogen) atoms. The predicted molar refractivity (Wildman–Crippen MR) is 137 cm³/mol. The number of hydrogen-bond donors (Lipinski definition) is 2. The number of amides is 2. The van der Waals surface area contributed by atoms with Gasteiger partial charge in [0.15, 0.2) is 0 Å². The number of hydrogen-bond acceptors (Lipinski definition) is 3. The highest BCUT2D eigenvalue weighted by Gasteiger charge is 2.35. The first kappa shape index (κ1) is 24.3. The van der Waals surface area contributed by atoms with Crippen LogP contribution < -0.4 is 10.2 Å². The first-order valence-electron chi connectivity index (χ1n) is 12.0. The number of carbonyl (C=O) groups excluding carboxylic acids is 2. The van der Waals surface area contributed by atoms with Crippen LogP contribution in [-0.2, 0) is 15.0 Å². The molecule has 3 aromatic rings. The molecule has 0 spiro atoms. The Kier molecular flexibility index (Phi) is 7.27. The summed E-state index contributed by atoms with van der Waals surface area (Å²) in [6.07, 6.45) is 8.79. The van der Waals surface area contributed by atoms with Crippen molar-refractivity contribution < 1.29 is 9.59 Å². The maximum Gasteiger partial charge on any atom is 0.248 e. The number of pyridine rings is 1. The molecule has 2 aromatic heterocycles. The summed E-state index contributed by atoms with van der Waals surface area (Å²) in [4.78, 5) is 36.2. The van der Waals surface area contributed by atoms with Crippen molar-refractivity contribution in [3.05, 3.63) is 59.9 Å². The summed E-state index contributed by atoms with van der Waals surface area (Å²) in [6, 6.07) is 10.8. The predicted octanol–water partition coefficient (Wildman–Crippen LogP) is 5.62. The van der Waals surface area contributed by atoms with Crippen LogP contribution in [0.4, 0.5) is 5.69 Å². The van der Waals surface area contributed by atoms with E-state index in [1.165, 1.54) is 11.3 Å². The Morgan fingerprint density at radius 3 is 2.50 bits per heavy atom. The van der Waals surface area contributed by atoms with Gasteiger partial charge >= 0.3 is 0 Å². The van der Waals surface area contributed by atoms with Gasteiger partial charge in [-0.25, -0.2) is 4.98 Å². The Morgan fingerprint density at radius 1 is 1.15 bits per heavy atom. The van der Waals surface area contributed by atoms with Crippen LogP contribution in [0, 0.1) is 0 Å². The molecule has 1 aliphatic rings. The highest BCUT2D eigenvalue weighted by Crippen LogP contribution is 2.34. The van der Waals surface area contributed by atoms with Gasteiger partial charge in [0.05, 0.1) is 0 Å². The number of anilines is 1. The molecule has 1 saturated carbocycles. The van der Waals surface area contributed by atoms with Crippen LogP contribution in [0.5, 0.6) is 0 Å². The molecule has 1 aliphatic carbocycles. The van der Waals surface area contributed by atoms with E-state index >= 15 is 0 Å². The lowest BCUT2D eigenvalue weighted by molar-refractivity contribution is -0.126. The lowest BCUT2D eigenvalue weighted by atomic mass is 9.87. The first-order chi connectivity index (χ1) is 16.3. The van der Waals surface area contributed by atoms with E-state index in [-0.39, 0.29) is 29.2 Å². The van der Waals surface area contributed by atoms with Crippen LogP contribution in [-0.4, -0.2) is 33.7 Å². The Labute approximate surface area is 206 Å². The maximum absolute atomic E-state index is 13.8. The van der Waals surface area contributed by atoms with E-state index in [9.17, 15) is 9.59 Å². The zero-order valence-corrected chi connectivity index (χ0v) is 20.9. The molecule has 1 aromatic carbocycles. The number of alkyl halides is 1. The average Bonchev–Trinajstić information content (AvgIpc) is 3.26.